The van der Waals surface area contributed by atoms with Crippen LogP contribution < -0.4 is 4.74 Å². The summed E-state index contributed by atoms with van der Waals surface area (Å²) in [5, 5.41) is 0.733. The molecule has 0 bridgehead atoms. The second-order valence-electron chi connectivity index (χ2n) is 2.39. The summed E-state index contributed by atoms with van der Waals surface area (Å²) in [7, 11) is 1.58. The number of hydrogen-bond acceptors (Lipinski definition) is 2. The maximum absolute atomic E-state index is 5.94. The summed E-state index contributed by atoms with van der Waals surface area (Å²) in [4.78, 5) is 4.05. The van der Waals surface area contributed by atoms with Crippen molar-refractivity contribution in [3.63, 3.8) is 0 Å². The molecule has 0 aliphatic rings. The Bertz CT molecular complexity index is 273. The van der Waals surface area contributed by atoms with Gasteiger partial charge in [-0.1, -0.05) is 11.6 Å². The lowest BCUT2D eigenvalue weighted by Crippen LogP contribution is -1.93. The van der Waals surface area contributed by atoms with Crippen LogP contribution in [0.2, 0.25) is 5.02 Å². The molecule has 0 amide bonds. The average molecular weight is 172 g/mol. The Morgan fingerprint density at radius 1 is 1.45 bits per heavy atom. The summed E-state index contributed by atoms with van der Waals surface area (Å²) >= 11 is 5.94. The Morgan fingerprint density at radius 3 is 2.64 bits per heavy atom. The molecule has 11 heavy (non-hydrogen) atoms. The fraction of sp³-hybridized carbons (Fsp3) is 0.375. The lowest BCUT2D eigenvalue weighted by molar-refractivity contribution is 0.394. The lowest BCUT2D eigenvalue weighted by Gasteiger charge is -2.05. The fourth-order valence-corrected chi connectivity index (χ4v) is 1.03. The van der Waals surface area contributed by atoms with Gasteiger partial charge < -0.3 is 4.74 Å². The van der Waals surface area contributed by atoms with Crippen molar-refractivity contribution in [1.29, 1.82) is 0 Å². The number of aryl methyl sites for hydroxylation is 1. The van der Waals surface area contributed by atoms with Crippen molar-refractivity contribution in [1.82, 2.24) is 4.98 Å². The van der Waals surface area contributed by atoms with Crippen LogP contribution in [-0.4, -0.2) is 12.1 Å². The Hall–Kier alpha value is -0.760. The van der Waals surface area contributed by atoms with Gasteiger partial charge in [0.05, 0.1) is 12.1 Å². The maximum Gasteiger partial charge on any atom is 0.217 e. The van der Waals surface area contributed by atoms with E-state index in [4.69, 9.17) is 16.3 Å². The quantitative estimate of drug-likeness (QED) is 0.647. The van der Waals surface area contributed by atoms with Crippen LogP contribution in [-0.2, 0) is 0 Å². The van der Waals surface area contributed by atoms with Crippen molar-refractivity contribution < 1.29 is 4.74 Å². The SMILES string of the molecule is COc1ncc(C)c(Cl)c1C. The molecule has 3 heteroatoms. The van der Waals surface area contributed by atoms with E-state index in [1.54, 1.807) is 13.3 Å². The molecule has 1 aromatic heterocycles. The number of hydrogen-bond donors (Lipinski definition) is 0. The molecular formula is C8H10ClNO. The molecular weight excluding hydrogens is 162 g/mol. The van der Waals surface area contributed by atoms with Gasteiger partial charge in [0.15, 0.2) is 0 Å². The first-order valence-corrected chi connectivity index (χ1v) is 3.70. The van der Waals surface area contributed by atoms with Crippen LogP contribution in [0.5, 0.6) is 5.88 Å². The summed E-state index contributed by atoms with van der Waals surface area (Å²) in [6.45, 7) is 3.81. The Balaban J connectivity index is 3.25. The minimum Gasteiger partial charge on any atom is -0.481 e. The number of halogens is 1. The predicted octanol–water partition coefficient (Wildman–Crippen LogP) is 2.36. The van der Waals surface area contributed by atoms with E-state index in [9.17, 15) is 0 Å². The van der Waals surface area contributed by atoms with Crippen LogP contribution >= 0.6 is 11.6 Å². The second kappa shape index (κ2) is 3.09. The molecule has 1 aromatic rings. The molecule has 1 heterocycles. The van der Waals surface area contributed by atoms with Gasteiger partial charge in [-0.15, -0.1) is 0 Å². The van der Waals surface area contributed by atoms with Gasteiger partial charge in [0, 0.05) is 11.8 Å². The molecule has 0 N–H and O–H groups in total. The lowest BCUT2D eigenvalue weighted by atomic mass is 10.2. The third-order valence-electron chi connectivity index (χ3n) is 1.57. The van der Waals surface area contributed by atoms with Gasteiger partial charge >= 0.3 is 0 Å². The van der Waals surface area contributed by atoms with Gasteiger partial charge in [-0.25, -0.2) is 4.98 Å². The van der Waals surface area contributed by atoms with E-state index >= 15 is 0 Å². The number of rotatable bonds is 1. The van der Waals surface area contributed by atoms with Crippen molar-refractivity contribution in [3.05, 3.63) is 22.3 Å². The highest BCUT2D eigenvalue weighted by Gasteiger charge is 2.05. The van der Waals surface area contributed by atoms with Crippen molar-refractivity contribution in [2.45, 2.75) is 13.8 Å². The van der Waals surface area contributed by atoms with Gasteiger partial charge in [0.25, 0.3) is 0 Å². The largest absolute Gasteiger partial charge is 0.481 e. The minimum absolute atomic E-state index is 0.598. The third kappa shape index (κ3) is 1.46. The molecule has 2 nitrogen and oxygen atoms in total. The molecule has 60 valence electrons. The van der Waals surface area contributed by atoms with Crippen molar-refractivity contribution in [3.8, 4) is 5.88 Å². The highest BCUT2D eigenvalue weighted by atomic mass is 35.5. The first-order chi connectivity index (χ1) is 5.16. The number of pyridine rings is 1. The smallest absolute Gasteiger partial charge is 0.217 e. The summed E-state index contributed by atoms with van der Waals surface area (Å²) < 4.78 is 4.99. The number of ether oxygens (including phenoxy) is 1. The zero-order chi connectivity index (χ0) is 8.43. The standard InChI is InChI=1S/C8H10ClNO/c1-5-4-10-8(11-3)6(2)7(5)9/h4H,1-3H3. The van der Waals surface area contributed by atoms with E-state index in [0.29, 0.717) is 5.88 Å². The normalized spacial score (nSPS) is 9.82. The average Bonchev–Trinajstić information content (AvgIpc) is 2.01. The Kier molecular flexibility index (Phi) is 2.35. The summed E-state index contributed by atoms with van der Waals surface area (Å²) in [5.74, 6) is 0.598. The summed E-state index contributed by atoms with van der Waals surface area (Å²) in [6, 6.07) is 0. The molecule has 0 aromatic carbocycles. The van der Waals surface area contributed by atoms with Crippen molar-refractivity contribution in [2.75, 3.05) is 7.11 Å². The first-order valence-electron chi connectivity index (χ1n) is 3.32. The molecule has 0 saturated heterocycles. The molecule has 0 unspecified atom stereocenters. The number of nitrogens with zero attached hydrogens (tertiary/aromatic N) is 1. The van der Waals surface area contributed by atoms with Crippen LogP contribution in [0, 0.1) is 13.8 Å². The fourth-order valence-electron chi connectivity index (χ4n) is 0.904. The monoisotopic (exact) mass is 171 g/mol. The van der Waals surface area contributed by atoms with Crippen LogP contribution in [0.3, 0.4) is 0 Å². The summed E-state index contributed by atoms with van der Waals surface area (Å²) in [5.41, 5.74) is 1.87. The van der Waals surface area contributed by atoms with E-state index in [-0.39, 0.29) is 0 Å². The molecule has 0 aliphatic carbocycles. The minimum atomic E-state index is 0.598. The predicted molar refractivity (Wildman–Crippen MR) is 45.3 cm³/mol. The molecule has 0 spiro atoms. The summed E-state index contributed by atoms with van der Waals surface area (Å²) in [6.07, 6.45) is 1.70. The highest BCUT2D eigenvalue weighted by molar-refractivity contribution is 6.32. The molecule has 0 aliphatic heterocycles. The molecule has 0 fully saturated rings. The van der Waals surface area contributed by atoms with Crippen LogP contribution in [0.4, 0.5) is 0 Å². The molecule has 0 radical (unpaired) electrons. The molecule has 0 saturated carbocycles. The number of methoxy groups -OCH3 is 1. The van der Waals surface area contributed by atoms with Crippen LogP contribution in [0.25, 0.3) is 0 Å². The first kappa shape index (κ1) is 8.34. The molecule has 1 rings (SSSR count). The van der Waals surface area contributed by atoms with Crippen LogP contribution in [0.1, 0.15) is 11.1 Å². The van der Waals surface area contributed by atoms with Crippen molar-refractivity contribution >= 4 is 11.6 Å². The van der Waals surface area contributed by atoms with E-state index in [2.05, 4.69) is 4.98 Å². The Morgan fingerprint density at radius 2 is 2.09 bits per heavy atom. The van der Waals surface area contributed by atoms with Gasteiger partial charge in [0.1, 0.15) is 0 Å². The maximum atomic E-state index is 5.94. The second-order valence-corrected chi connectivity index (χ2v) is 2.77. The van der Waals surface area contributed by atoms with Gasteiger partial charge in [0.2, 0.25) is 5.88 Å². The van der Waals surface area contributed by atoms with E-state index in [0.717, 1.165) is 16.1 Å². The van der Waals surface area contributed by atoms with Crippen molar-refractivity contribution in [2.24, 2.45) is 0 Å². The van der Waals surface area contributed by atoms with Gasteiger partial charge in [-0.3, -0.25) is 0 Å². The van der Waals surface area contributed by atoms with E-state index in [1.165, 1.54) is 0 Å². The zero-order valence-electron chi connectivity index (χ0n) is 6.81. The van der Waals surface area contributed by atoms with E-state index in [1.807, 2.05) is 13.8 Å². The van der Waals surface area contributed by atoms with Crippen LogP contribution in [0.15, 0.2) is 6.20 Å². The van der Waals surface area contributed by atoms with Gasteiger partial charge in [-0.05, 0) is 19.4 Å². The Labute approximate surface area is 71.2 Å². The highest BCUT2D eigenvalue weighted by Crippen LogP contribution is 2.25. The van der Waals surface area contributed by atoms with Gasteiger partial charge in [-0.2, -0.15) is 0 Å². The zero-order valence-corrected chi connectivity index (χ0v) is 7.57. The molecule has 0 atom stereocenters. The number of aromatic nitrogens is 1. The topological polar surface area (TPSA) is 22.1 Å². The third-order valence-corrected chi connectivity index (χ3v) is 2.15. The van der Waals surface area contributed by atoms with E-state index < -0.39 is 0 Å².